The fourth-order valence-electron chi connectivity index (χ4n) is 3.07. The number of hydrogen-bond donors (Lipinski definition) is 1. The van der Waals surface area contributed by atoms with E-state index in [-0.39, 0.29) is 16.7 Å². The predicted molar refractivity (Wildman–Crippen MR) is 82.5 cm³/mol. The zero-order valence-electron chi connectivity index (χ0n) is 12.5. The zero-order chi connectivity index (χ0) is 15.3. The molecule has 1 unspecified atom stereocenters. The van der Waals surface area contributed by atoms with Crippen LogP contribution in [0.2, 0.25) is 0 Å². The van der Waals surface area contributed by atoms with E-state index in [0.717, 1.165) is 38.6 Å². The Balaban J connectivity index is 2.16. The third-order valence-corrected chi connectivity index (χ3v) is 6.00. The second-order valence-corrected chi connectivity index (χ2v) is 7.82. The molecule has 2 rings (SSSR count). The van der Waals surface area contributed by atoms with Crippen LogP contribution in [0.15, 0.2) is 29.2 Å². The Bertz CT molecular complexity index is 553. The summed E-state index contributed by atoms with van der Waals surface area (Å²) < 4.78 is 38.8. The van der Waals surface area contributed by atoms with Gasteiger partial charge in [0.1, 0.15) is 10.7 Å². The smallest absolute Gasteiger partial charge is 0.182 e. The van der Waals surface area contributed by atoms with Crippen molar-refractivity contribution in [3.63, 3.8) is 0 Å². The van der Waals surface area contributed by atoms with Crippen molar-refractivity contribution in [3.05, 3.63) is 30.1 Å². The first kappa shape index (κ1) is 16.4. The van der Waals surface area contributed by atoms with Gasteiger partial charge < -0.3 is 5.32 Å². The molecule has 1 atom stereocenters. The molecule has 1 aromatic rings. The molecule has 1 aromatic carbocycles. The highest BCUT2D eigenvalue weighted by Crippen LogP contribution is 2.29. The van der Waals surface area contributed by atoms with Crippen LogP contribution in [0, 0.1) is 11.7 Å². The normalized spacial score (nSPS) is 18.0. The third-order valence-electron chi connectivity index (χ3n) is 4.20. The first-order valence-corrected chi connectivity index (χ1v) is 9.40. The molecule has 1 saturated carbocycles. The minimum Gasteiger partial charge on any atom is -0.313 e. The van der Waals surface area contributed by atoms with E-state index in [1.54, 1.807) is 6.07 Å². The molecule has 1 N–H and O–H groups in total. The number of nitrogens with one attached hydrogen (secondary N) is 1. The van der Waals surface area contributed by atoms with Crippen LogP contribution >= 0.6 is 0 Å². The summed E-state index contributed by atoms with van der Waals surface area (Å²) in [5.41, 5.74) is 0. The predicted octanol–water partition coefficient (Wildman–Crippen LogP) is 3.16. The van der Waals surface area contributed by atoms with Crippen molar-refractivity contribution < 1.29 is 12.8 Å². The zero-order valence-corrected chi connectivity index (χ0v) is 13.3. The average molecular weight is 313 g/mol. The molecule has 0 bridgehead atoms. The van der Waals surface area contributed by atoms with Gasteiger partial charge in [0.25, 0.3) is 0 Å². The van der Waals surface area contributed by atoms with Gasteiger partial charge in [0.15, 0.2) is 9.84 Å². The van der Waals surface area contributed by atoms with Gasteiger partial charge in [-0.1, -0.05) is 31.9 Å². The van der Waals surface area contributed by atoms with E-state index < -0.39 is 15.7 Å². The van der Waals surface area contributed by atoms with Crippen molar-refractivity contribution in [2.75, 3.05) is 12.3 Å². The van der Waals surface area contributed by atoms with Crippen LogP contribution < -0.4 is 5.32 Å². The van der Waals surface area contributed by atoms with Crippen LogP contribution in [0.25, 0.3) is 0 Å². The summed E-state index contributed by atoms with van der Waals surface area (Å²) in [4.78, 5) is -0.175. The monoisotopic (exact) mass is 313 g/mol. The van der Waals surface area contributed by atoms with Crippen molar-refractivity contribution >= 4 is 9.84 Å². The Morgan fingerprint density at radius 2 is 1.95 bits per heavy atom. The summed E-state index contributed by atoms with van der Waals surface area (Å²) in [6.45, 7) is 2.86. The van der Waals surface area contributed by atoms with Gasteiger partial charge in [-0.3, -0.25) is 0 Å². The van der Waals surface area contributed by atoms with Gasteiger partial charge in [0.05, 0.1) is 5.75 Å². The molecule has 1 fully saturated rings. The van der Waals surface area contributed by atoms with E-state index in [2.05, 4.69) is 12.2 Å². The SMILES string of the molecule is CCCNC(CS(=O)(=O)c1ccccc1F)C1CCCC1. The number of benzene rings is 1. The van der Waals surface area contributed by atoms with Gasteiger partial charge in [-0.25, -0.2) is 12.8 Å². The van der Waals surface area contributed by atoms with Gasteiger partial charge in [-0.15, -0.1) is 0 Å². The fraction of sp³-hybridized carbons (Fsp3) is 0.625. The Hall–Kier alpha value is -0.940. The van der Waals surface area contributed by atoms with Crippen LogP contribution in [0.5, 0.6) is 0 Å². The maximum absolute atomic E-state index is 13.8. The molecule has 0 radical (unpaired) electrons. The van der Waals surface area contributed by atoms with Crippen molar-refractivity contribution in [1.82, 2.24) is 5.32 Å². The van der Waals surface area contributed by atoms with Crippen LogP contribution in [-0.2, 0) is 9.84 Å². The maximum atomic E-state index is 13.8. The van der Waals surface area contributed by atoms with E-state index in [1.165, 1.54) is 18.2 Å². The average Bonchev–Trinajstić information content (AvgIpc) is 2.97. The lowest BCUT2D eigenvalue weighted by molar-refractivity contribution is 0.382. The highest BCUT2D eigenvalue weighted by Gasteiger charge is 2.30. The van der Waals surface area contributed by atoms with E-state index in [1.807, 2.05) is 0 Å². The van der Waals surface area contributed by atoms with Gasteiger partial charge in [0.2, 0.25) is 0 Å². The molecular formula is C16H24FNO2S. The molecule has 21 heavy (non-hydrogen) atoms. The third kappa shape index (κ3) is 4.27. The molecule has 0 heterocycles. The van der Waals surface area contributed by atoms with Gasteiger partial charge in [-0.2, -0.15) is 0 Å². The lowest BCUT2D eigenvalue weighted by Crippen LogP contribution is -2.41. The van der Waals surface area contributed by atoms with Crippen LogP contribution in [0.4, 0.5) is 4.39 Å². The molecule has 1 aliphatic carbocycles. The molecule has 0 aliphatic heterocycles. The minimum absolute atomic E-state index is 0.0153. The summed E-state index contributed by atoms with van der Waals surface area (Å²) in [6, 6.07) is 5.57. The number of halogens is 1. The summed E-state index contributed by atoms with van der Waals surface area (Å²) in [6.07, 6.45) is 5.41. The Morgan fingerprint density at radius 1 is 1.29 bits per heavy atom. The summed E-state index contributed by atoms with van der Waals surface area (Å²) >= 11 is 0. The Morgan fingerprint density at radius 3 is 2.57 bits per heavy atom. The lowest BCUT2D eigenvalue weighted by Gasteiger charge is -2.24. The molecule has 0 amide bonds. The van der Waals surface area contributed by atoms with Gasteiger partial charge in [-0.05, 0) is 43.9 Å². The van der Waals surface area contributed by atoms with Crippen molar-refractivity contribution in [2.24, 2.45) is 5.92 Å². The summed E-state index contributed by atoms with van der Waals surface area (Å²) in [5, 5.41) is 3.36. The summed E-state index contributed by atoms with van der Waals surface area (Å²) in [5.74, 6) is -0.283. The van der Waals surface area contributed by atoms with Crippen molar-refractivity contribution in [1.29, 1.82) is 0 Å². The minimum atomic E-state index is -3.60. The number of rotatable bonds is 7. The Kier molecular flexibility index (Phi) is 5.76. The first-order chi connectivity index (χ1) is 10.0. The Labute approximate surface area is 126 Å². The second-order valence-electron chi connectivity index (χ2n) is 5.82. The number of hydrogen-bond acceptors (Lipinski definition) is 3. The fourth-order valence-corrected chi connectivity index (χ4v) is 4.77. The van der Waals surface area contributed by atoms with Crippen LogP contribution in [0.1, 0.15) is 39.0 Å². The first-order valence-electron chi connectivity index (χ1n) is 7.75. The quantitative estimate of drug-likeness (QED) is 0.841. The highest BCUT2D eigenvalue weighted by molar-refractivity contribution is 7.91. The van der Waals surface area contributed by atoms with E-state index in [4.69, 9.17) is 0 Å². The largest absolute Gasteiger partial charge is 0.313 e. The van der Waals surface area contributed by atoms with E-state index in [9.17, 15) is 12.8 Å². The van der Waals surface area contributed by atoms with Crippen molar-refractivity contribution in [3.8, 4) is 0 Å². The standard InChI is InChI=1S/C16H24FNO2S/c1-2-11-18-15(13-7-3-4-8-13)12-21(19,20)16-10-6-5-9-14(16)17/h5-6,9-10,13,15,18H,2-4,7-8,11-12H2,1H3. The molecule has 1 aliphatic rings. The second kappa shape index (κ2) is 7.36. The van der Waals surface area contributed by atoms with Crippen LogP contribution in [0.3, 0.4) is 0 Å². The van der Waals surface area contributed by atoms with Gasteiger partial charge in [0, 0.05) is 6.04 Å². The molecule has 0 spiro atoms. The topological polar surface area (TPSA) is 46.2 Å². The number of sulfone groups is 1. The molecule has 0 aromatic heterocycles. The van der Waals surface area contributed by atoms with Gasteiger partial charge >= 0.3 is 0 Å². The lowest BCUT2D eigenvalue weighted by atomic mass is 10.00. The van der Waals surface area contributed by atoms with E-state index >= 15 is 0 Å². The van der Waals surface area contributed by atoms with Crippen molar-refractivity contribution in [2.45, 2.75) is 50.0 Å². The maximum Gasteiger partial charge on any atom is 0.182 e. The molecule has 0 saturated heterocycles. The molecule has 5 heteroatoms. The molecule has 118 valence electrons. The summed E-state index contributed by atoms with van der Waals surface area (Å²) in [7, 11) is -3.60. The highest BCUT2D eigenvalue weighted by atomic mass is 32.2. The van der Waals surface area contributed by atoms with Crippen LogP contribution in [-0.4, -0.2) is 26.8 Å². The molecule has 3 nitrogen and oxygen atoms in total. The van der Waals surface area contributed by atoms with E-state index in [0.29, 0.717) is 5.92 Å². The molecular weight excluding hydrogens is 289 g/mol.